The minimum Gasteiger partial charge on any atom is -0.294 e. The van der Waals surface area contributed by atoms with E-state index in [0.717, 1.165) is 11.1 Å². The first-order valence-electron chi connectivity index (χ1n) is 10.8. The predicted octanol–water partition coefficient (Wildman–Crippen LogP) is 4.16. The van der Waals surface area contributed by atoms with E-state index in [1.54, 1.807) is 28.9 Å². The van der Waals surface area contributed by atoms with Gasteiger partial charge in [-0.1, -0.05) is 39.8 Å². The molecule has 9 heteroatoms. The van der Waals surface area contributed by atoms with Crippen molar-refractivity contribution < 1.29 is 17.6 Å². The summed E-state index contributed by atoms with van der Waals surface area (Å²) in [5.41, 5.74) is 1.58. The third-order valence-electron chi connectivity index (χ3n) is 5.97. The molecule has 174 valence electrons. The second kappa shape index (κ2) is 8.13. The van der Waals surface area contributed by atoms with Crippen LogP contribution in [0.15, 0.2) is 42.5 Å². The Labute approximate surface area is 192 Å². The Balaban J connectivity index is 1.79. The molecule has 1 aliphatic rings. The van der Waals surface area contributed by atoms with Crippen molar-refractivity contribution in [3.05, 3.63) is 59.7 Å². The first-order chi connectivity index (χ1) is 15.4. The van der Waals surface area contributed by atoms with Crippen molar-refractivity contribution >= 4 is 15.6 Å². The zero-order chi connectivity index (χ0) is 24.0. The third kappa shape index (κ3) is 5.03. The molecule has 2 heterocycles. The summed E-state index contributed by atoms with van der Waals surface area (Å²) in [5.74, 6) is 0.252. The van der Waals surface area contributed by atoms with Crippen LogP contribution in [0.3, 0.4) is 0 Å². The van der Waals surface area contributed by atoms with E-state index in [-0.39, 0.29) is 34.9 Å². The van der Waals surface area contributed by atoms with Crippen LogP contribution in [0.4, 0.5) is 4.39 Å². The van der Waals surface area contributed by atoms with E-state index in [1.165, 1.54) is 12.1 Å². The van der Waals surface area contributed by atoms with Crippen LogP contribution in [0, 0.1) is 11.2 Å². The van der Waals surface area contributed by atoms with Crippen LogP contribution < -0.4 is 0 Å². The Morgan fingerprint density at radius 3 is 2.42 bits per heavy atom. The maximum Gasteiger partial charge on any atom is 0.163 e. The molecule has 1 unspecified atom stereocenters. The molecule has 0 spiro atoms. The number of carbonyl (C=O) groups excluding carboxylic acids is 1. The van der Waals surface area contributed by atoms with Crippen LogP contribution >= 0.6 is 0 Å². The minimum atomic E-state index is -3.12. The molecule has 2 aromatic carbocycles. The van der Waals surface area contributed by atoms with Gasteiger partial charge in [-0.25, -0.2) is 12.8 Å². The highest BCUT2D eigenvalue weighted by Gasteiger charge is 2.40. The highest BCUT2D eigenvalue weighted by atomic mass is 32.2. The molecular weight excluding hydrogens is 443 g/mol. The van der Waals surface area contributed by atoms with Crippen molar-refractivity contribution in [3.63, 3.8) is 0 Å². The highest BCUT2D eigenvalue weighted by Crippen LogP contribution is 2.37. The Hall–Kier alpha value is -2.94. The summed E-state index contributed by atoms with van der Waals surface area (Å²) in [6.45, 7) is 7.82. The van der Waals surface area contributed by atoms with Gasteiger partial charge in [0.25, 0.3) is 0 Å². The number of rotatable bonds is 5. The number of sulfone groups is 1. The quantitative estimate of drug-likeness (QED) is 0.520. The number of halogens is 1. The number of ketones is 1. The SMILES string of the molecule is CC1(CC(=O)c2cc(-c3ccc(F)cc3)cc(-n3nnnc3C(C)(C)C)c2)CCS(=O)(=O)C1. The number of Topliss-reactive ketones (excluding diaryl/α,β-unsaturated/α-hetero) is 1. The Morgan fingerprint density at radius 2 is 1.82 bits per heavy atom. The molecule has 1 aromatic heterocycles. The second-order valence-electron chi connectivity index (χ2n) is 10.2. The third-order valence-corrected chi connectivity index (χ3v) is 7.94. The average Bonchev–Trinajstić information content (AvgIpc) is 3.32. The molecule has 3 aromatic rings. The highest BCUT2D eigenvalue weighted by molar-refractivity contribution is 7.91. The van der Waals surface area contributed by atoms with Crippen LogP contribution in [0.1, 0.15) is 56.7 Å². The van der Waals surface area contributed by atoms with E-state index in [2.05, 4.69) is 15.5 Å². The molecule has 0 radical (unpaired) electrons. The molecular formula is C24H27FN4O3S. The number of tetrazole rings is 1. The molecule has 0 N–H and O–H groups in total. The van der Waals surface area contributed by atoms with Gasteiger partial charge in [0.2, 0.25) is 0 Å². The van der Waals surface area contributed by atoms with Gasteiger partial charge in [-0.3, -0.25) is 4.79 Å². The maximum absolute atomic E-state index is 13.5. The Kier molecular flexibility index (Phi) is 5.72. The average molecular weight is 471 g/mol. The molecule has 1 saturated heterocycles. The molecule has 1 fully saturated rings. The van der Waals surface area contributed by atoms with E-state index >= 15 is 0 Å². The molecule has 1 aliphatic heterocycles. The van der Waals surface area contributed by atoms with Gasteiger partial charge < -0.3 is 0 Å². The lowest BCUT2D eigenvalue weighted by molar-refractivity contribution is 0.0934. The molecule has 0 amide bonds. The van der Waals surface area contributed by atoms with Crippen molar-refractivity contribution in [2.45, 2.75) is 46.0 Å². The fourth-order valence-corrected chi connectivity index (χ4v) is 6.49. The number of carbonyl (C=O) groups is 1. The molecule has 33 heavy (non-hydrogen) atoms. The number of nitrogens with zero attached hydrogens (tertiary/aromatic N) is 4. The van der Waals surface area contributed by atoms with Crippen molar-refractivity contribution in [1.29, 1.82) is 0 Å². The molecule has 7 nitrogen and oxygen atoms in total. The first kappa shape index (κ1) is 23.2. The number of hydrogen-bond acceptors (Lipinski definition) is 6. The molecule has 1 atom stereocenters. The summed E-state index contributed by atoms with van der Waals surface area (Å²) in [5, 5.41) is 12.1. The van der Waals surface area contributed by atoms with Crippen molar-refractivity contribution in [1.82, 2.24) is 20.2 Å². The van der Waals surface area contributed by atoms with Gasteiger partial charge >= 0.3 is 0 Å². The van der Waals surface area contributed by atoms with Gasteiger partial charge in [0.15, 0.2) is 21.4 Å². The zero-order valence-electron chi connectivity index (χ0n) is 19.2. The summed E-state index contributed by atoms with van der Waals surface area (Å²) in [7, 11) is -3.12. The standard InChI is InChI=1S/C24H27FN4O3S/c1-23(2,3)22-26-27-28-29(22)20-12-17(16-5-7-19(25)8-6-16)11-18(13-20)21(30)14-24(4)9-10-33(31,32)15-24/h5-8,11-13H,9-10,14-15H2,1-4H3. The maximum atomic E-state index is 13.5. The minimum absolute atomic E-state index is 0.0113. The Bertz CT molecular complexity index is 1310. The van der Waals surface area contributed by atoms with Gasteiger partial charge in [-0.05, 0) is 63.7 Å². The van der Waals surface area contributed by atoms with Crippen LogP contribution in [-0.4, -0.2) is 45.9 Å². The van der Waals surface area contributed by atoms with E-state index in [1.807, 2.05) is 33.8 Å². The van der Waals surface area contributed by atoms with Gasteiger partial charge in [0.1, 0.15) is 5.82 Å². The summed E-state index contributed by atoms with van der Waals surface area (Å²) < 4.78 is 39.1. The van der Waals surface area contributed by atoms with Crippen LogP contribution in [0.2, 0.25) is 0 Å². The zero-order valence-corrected chi connectivity index (χ0v) is 20.0. The van der Waals surface area contributed by atoms with E-state index < -0.39 is 15.3 Å². The molecule has 0 bridgehead atoms. The van der Waals surface area contributed by atoms with Crippen molar-refractivity contribution in [2.75, 3.05) is 11.5 Å². The summed E-state index contributed by atoms with van der Waals surface area (Å²) in [6, 6.07) is 11.4. The fourth-order valence-electron chi connectivity index (χ4n) is 4.24. The van der Waals surface area contributed by atoms with E-state index in [4.69, 9.17) is 0 Å². The molecule has 4 rings (SSSR count). The van der Waals surface area contributed by atoms with Crippen molar-refractivity contribution in [2.24, 2.45) is 5.41 Å². The van der Waals surface area contributed by atoms with Crippen LogP contribution in [0.5, 0.6) is 0 Å². The summed E-state index contributed by atoms with van der Waals surface area (Å²) >= 11 is 0. The second-order valence-corrected chi connectivity index (χ2v) is 12.4. The first-order valence-corrected chi connectivity index (χ1v) is 12.6. The summed E-state index contributed by atoms with van der Waals surface area (Å²) in [6.07, 6.45) is 0.590. The normalized spacial score (nSPS) is 20.2. The lowest BCUT2D eigenvalue weighted by Gasteiger charge is -2.21. The summed E-state index contributed by atoms with van der Waals surface area (Å²) in [4.78, 5) is 13.3. The topological polar surface area (TPSA) is 94.8 Å². The fraction of sp³-hybridized carbons (Fsp3) is 0.417. The van der Waals surface area contributed by atoms with E-state index in [0.29, 0.717) is 23.5 Å². The van der Waals surface area contributed by atoms with Gasteiger partial charge in [0.05, 0.1) is 17.2 Å². The lowest BCUT2D eigenvalue weighted by Crippen LogP contribution is -2.23. The number of benzene rings is 2. The smallest absolute Gasteiger partial charge is 0.163 e. The molecule has 0 saturated carbocycles. The Morgan fingerprint density at radius 1 is 1.12 bits per heavy atom. The van der Waals surface area contributed by atoms with Crippen LogP contribution in [-0.2, 0) is 15.3 Å². The largest absolute Gasteiger partial charge is 0.294 e. The van der Waals surface area contributed by atoms with Gasteiger partial charge in [0, 0.05) is 17.4 Å². The van der Waals surface area contributed by atoms with Crippen LogP contribution in [0.25, 0.3) is 16.8 Å². The van der Waals surface area contributed by atoms with E-state index in [9.17, 15) is 17.6 Å². The van der Waals surface area contributed by atoms with Gasteiger partial charge in [-0.2, -0.15) is 4.68 Å². The lowest BCUT2D eigenvalue weighted by atomic mass is 9.83. The van der Waals surface area contributed by atoms with Crippen molar-refractivity contribution in [3.8, 4) is 16.8 Å². The monoisotopic (exact) mass is 470 g/mol. The molecule has 0 aliphatic carbocycles. The number of aromatic nitrogens is 4. The number of hydrogen-bond donors (Lipinski definition) is 0. The predicted molar refractivity (Wildman–Crippen MR) is 124 cm³/mol. The van der Waals surface area contributed by atoms with Gasteiger partial charge in [-0.15, -0.1) is 5.10 Å².